The molecule has 0 bridgehead atoms. The number of aliphatic carboxylic acids is 1. The molecule has 5 nitrogen and oxygen atoms in total. The summed E-state index contributed by atoms with van der Waals surface area (Å²) in [5.41, 5.74) is -2.91. The highest BCUT2D eigenvalue weighted by molar-refractivity contribution is 5.78. The number of hydrogen-bond donors (Lipinski definition) is 1. The first-order valence-corrected chi connectivity index (χ1v) is 6.05. The lowest BCUT2D eigenvalue weighted by Gasteiger charge is -2.27. The van der Waals surface area contributed by atoms with Gasteiger partial charge in [0.05, 0.1) is 11.3 Å². The van der Waals surface area contributed by atoms with Crippen molar-refractivity contribution in [1.82, 2.24) is 4.90 Å². The van der Waals surface area contributed by atoms with E-state index in [2.05, 4.69) is 0 Å². The molecule has 1 amide bonds. The van der Waals surface area contributed by atoms with Crippen LogP contribution in [0.4, 0.5) is 18.0 Å². The van der Waals surface area contributed by atoms with Gasteiger partial charge >= 0.3 is 18.2 Å². The van der Waals surface area contributed by atoms with Gasteiger partial charge in [0, 0.05) is 13.1 Å². The summed E-state index contributed by atoms with van der Waals surface area (Å²) >= 11 is 0. The average Bonchev–Trinajstić information content (AvgIpc) is 2.54. The fraction of sp³-hybridized carbons (Fsp3) is 0.833. The Morgan fingerprint density at radius 2 is 1.80 bits per heavy atom. The number of carbonyl (C=O) groups is 2. The molecule has 1 rings (SSSR count). The van der Waals surface area contributed by atoms with E-state index in [1.807, 2.05) is 0 Å². The molecule has 0 saturated carbocycles. The molecule has 1 aliphatic rings. The SMILES string of the molecule is CC(C)(C)OC(=O)N1C[C@@H](C(F)(F)F)[C@](C)(C(=O)O)C1. The lowest BCUT2D eigenvalue weighted by molar-refractivity contribution is -0.201. The third kappa shape index (κ3) is 3.34. The third-order valence-electron chi connectivity index (χ3n) is 3.23. The molecule has 20 heavy (non-hydrogen) atoms. The summed E-state index contributed by atoms with van der Waals surface area (Å²) in [6.07, 6.45) is -5.62. The van der Waals surface area contributed by atoms with Crippen molar-refractivity contribution in [2.75, 3.05) is 13.1 Å². The minimum Gasteiger partial charge on any atom is -0.481 e. The van der Waals surface area contributed by atoms with Crippen LogP contribution in [-0.2, 0) is 9.53 Å². The molecule has 1 heterocycles. The zero-order chi connectivity index (χ0) is 15.9. The molecule has 0 aromatic carbocycles. The summed E-state index contributed by atoms with van der Waals surface area (Å²) in [4.78, 5) is 23.7. The van der Waals surface area contributed by atoms with Gasteiger partial charge in [0.25, 0.3) is 0 Å². The van der Waals surface area contributed by atoms with Crippen LogP contribution in [0.5, 0.6) is 0 Å². The van der Waals surface area contributed by atoms with E-state index in [4.69, 9.17) is 9.84 Å². The van der Waals surface area contributed by atoms with E-state index in [-0.39, 0.29) is 0 Å². The van der Waals surface area contributed by atoms with Gasteiger partial charge in [-0.15, -0.1) is 0 Å². The van der Waals surface area contributed by atoms with Crippen LogP contribution in [0.1, 0.15) is 27.7 Å². The molecule has 1 N–H and O–H groups in total. The molecule has 1 aliphatic heterocycles. The van der Waals surface area contributed by atoms with E-state index in [1.165, 1.54) is 0 Å². The Hall–Kier alpha value is -1.47. The number of ether oxygens (including phenoxy) is 1. The van der Waals surface area contributed by atoms with Gasteiger partial charge in [0.15, 0.2) is 0 Å². The second-order valence-corrected chi connectivity index (χ2v) is 6.18. The molecule has 0 unspecified atom stereocenters. The smallest absolute Gasteiger partial charge is 0.410 e. The van der Waals surface area contributed by atoms with E-state index in [9.17, 15) is 22.8 Å². The Morgan fingerprint density at radius 3 is 2.10 bits per heavy atom. The Bertz CT molecular complexity index is 416. The maximum absolute atomic E-state index is 12.9. The number of hydrogen-bond acceptors (Lipinski definition) is 3. The molecule has 116 valence electrons. The second-order valence-electron chi connectivity index (χ2n) is 6.18. The van der Waals surface area contributed by atoms with Crippen molar-refractivity contribution in [2.24, 2.45) is 11.3 Å². The molecule has 1 saturated heterocycles. The first-order chi connectivity index (χ1) is 8.77. The van der Waals surface area contributed by atoms with Crippen LogP contribution in [-0.4, -0.2) is 46.9 Å². The molecule has 0 radical (unpaired) electrons. The number of amides is 1. The largest absolute Gasteiger partial charge is 0.481 e. The Morgan fingerprint density at radius 1 is 1.30 bits per heavy atom. The predicted octanol–water partition coefficient (Wildman–Crippen LogP) is 2.51. The number of halogens is 3. The van der Waals surface area contributed by atoms with Crippen LogP contribution in [0.2, 0.25) is 0 Å². The fourth-order valence-electron chi connectivity index (χ4n) is 2.14. The van der Waals surface area contributed by atoms with Crippen molar-refractivity contribution in [2.45, 2.75) is 39.5 Å². The topological polar surface area (TPSA) is 66.8 Å². The van der Waals surface area contributed by atoms with Crippen molar-refractivity contribution >= 4 is 12.1 Å². The zero-order valence-electron chi connectivity index (χ0n) is 11.7. The van der Waals surface area contributed by atoms with E-state index in [0.29, 0.717) is 0 Å². The Balaban J connectivity index is 2.97. The maximum Gasteiger partial charge on any atom is 0.410 e. The van der Waals surface area contributed by atoms with Crippen molar-refractivity contribution < 1.29 is 32.6 Å². The first kappa shape index (κ1) is 16.6. The Labute approximate surface area is 114 Å². The molecular weight excluding hydrogens is 279 g/mol. The fourth-order valence-corrected chi connectivity index (χ4v) is 2.14. The highest BCUT2D eigenvalue weighted by atomic mass is 19.4. The first-order valence-electron chi connectivity index (χ1n) is 6.05. The summed E-state index contributed by atoms with van der Waals surface area (Å²) in [5, 5.41) is 9.06. The van der Waals surface area contributed by atoms with Crippen LogP contribution in [0.15, 0.2) is 0 Å². The number of nitrogens with zero attached hydrogens (tertiary/aromatic N) is 1. The second kappa shape index (κ2) is 4.82. The quantitative estimate of drug-likeness (QED) is 0.807. The predicted molar refractivity (Wildman–Crippen MR) is 63.1 cm³/mol. The number of alkyl halides is 3. The summed E-state index contributed by atoms with van der Waals surface area (Å²) in [7, 11) is 0. The van der Waals surface area contributed by atoms with E-state index < -0.39 is 48.3 Å². The number of rotatable bonds is 1. The molecule has 0 spiro atoms. The third-order valence-corrected chi connectivity index (χ3v) is 3.23. The molecule has 2 atom stereocenters. The van der Waals surface area contributed by atoms with E-state index in [0.717, 1.165) is 11.8 Å². The van der Waals surface area contributed by atoms with E-state index in [1.54, 1.807) is 20.8 Å². The highest BCUT2D eigenvalue weighted by Gasteiger charge is 2.61. The summed E-state index contributed by atoms with van der Waals surface area (Å²) in [5.74, 6) is -3.69. The van der Waals surface area contributed by atoms with Crippen LogP contribution in [0.3, 0.4) is 0 Å². The summed E-state index contributed by atoms with van der Waals surface area (Å²) in [6.45, 7) is 4.51. The van der Waals surface area contributed by atoms with Crippen LogP contribution in [0.25, 0.3) is 0 Å². The molecule has 0 aromatic rings. The van der Waals surface area contributed by atoms with Crippen LogP contribution in [0, 0.1) is 11.3 Å². The average molecular weight is 297 g/mol. The number of carboxylic acid groups (broad SMARTS) is 1. The van der Waals surface area contributed by atoms with Crippen molar-refractivity contribution in [3.63, 3.8) is 0 Å². The highest BCUT2D eigenvalue weighted by Crippen LogP contribution is 2.45. The van der Waals surface area contributed by atoms with Gasteiger partial charge in [-0.2, -0.15) is 13.2 Å². The van der Waals surface area contributed by atoms with Gasteiger partial charge in [-0.05, 0) is 27.7 Å². The normalized spacial score (nSPS) is 27.6. The van der Waals surface area contributed by atoms with Gasteiger partial charge in [0.1, 0.15) is 5.60 Å². The van der Waals surface area contributed by atoms with Crippen molar-refractivity contribution in [1.29, 1.82) is 0 Å². The zero-order valence-corrected chi connectivity index (χ0v) is 11.7. The lowest BCUT2D eigenvalue weighted by atomic mass is 9.79. The van der Waals surface area contributed by atoms with Gasteiger partial charge in [0.2, 0.25) is 0 Å². The molecular formula is C12H18F3NO4. The number of carbonyl (C=O) groups excluding carboxylic acids is 1. The minimum atomic E-state index is -4.69. The monoisotopic (exact) mass is 297 g/mol. The number of carboxylic acids is 1. The standard InChI is InChI=1S/C12H18F3NO4/c1-10(2,3)20-9(19)16-5-7(12(13,14)15)11(4,6-16)8(17)18/h7H,5-6H2,1-4H3,(H,17,18)/t7-,11-/m1/s1. The van der Waals surface area contributed by atoms with Crippen LogP contribution >= 0.6 is 0 Å². The van der Waals surface area contributed by atoms with Gasteiger partial charge in [-0.3, -0.25) is 4.79 Å². The Kier molecular flexibility index (Phi) is 4.00. The van der Waals surface area contributed by atoms with Gasteiger partial charge in [-0.1, -0.05) is 0 Å². The van der Waals surface area contributed by atoms with Gasteiger partial charge in [-0.25, -0.2) is 4.79 Å². The maximum atomic E-state index is 12.9. The van der Waals surface area contributed by atoms with Crippen molar-refractivity contribution in [3.05, 3.63) is 0 Å². The summed E-state index contributed by atoms with van der Waals surface area (Å²) in [6, 6.07) is 0. The van der Waals surface area contributed by atoms with Gasteiger partial charge < -0.3 is 14.7 Å². The van der Waals surface area contributed by atoms with E-state index >= 15 is 0 Å². The summed E-state index contributed by atoms with van der Waals surface area (Å²) < 4.78 is 43.8. The minimum absolute atomic E-state index is 0.526. The molecule has 0 aliphatic carbocycles. The number of likely N-dealkylation sites (tertiary alicyclic amines) is 1. The molecule has 0 aromatic heterocycles. The molecule has 8 heteroatoms. The van der Waals surface area contributed by atoms with Crippen LogP contribution < -0.4 is 0 Å². The lowest BCUT2D eigenvalue weighted by Crippen LogP contribution is -2.42. The van der Waals surface area contributed by atoms with Crippen molar-refractivity contribution in [3.8, 4) is 0 Å². The molecule has 1 fully saturated rings.